The maximum Gasteiger partial charge on any atom is 0.355 e. The van der Waals surface area contributed by atoms with Crippen molar-refractivity contribution in [1.29, 1.82) is 0 Å². The number of aromatic nitrogens is 2. The van der Waals surface area contributed by atoms with Crippen LogP contribution in [0.15, 0.2) is 30.7 Å². The monoisotopic (exact) mass is 241 g/mol. The molecule has 0 saturated carbocycles. The predicted octanol–water partition coefficient (Wildman–Crippen LogP) is 2.30. The fourth-order valence-electron chi connectivity index (χ4n) is 2.01. The van der Waals surface area contributed by atoms with Crippen LogP contribution in [0.1, 0.15) is 16.2 Å². The molecule has 0 spiro atoms. The number of H-pyrrole nitrogens is 1. The van der Waals surface area contributed by atoms with Crippen molar-refractivity contribution in [3.05, 3.63) is 42.1 Å². The summed E-state index contributed by atoms with van der Waals surface area (Å²) in [6.45, 7) is 0. The summed E-state index contributed by atoms with van der Waals surface area (Å²) in [5.41, 5.74) is 2.03. The lowest BCUT2D eigenvalue weighted by Gasteiger charge is -2.07. The number of anilines is 1. The molecule has 18 heavy (non-hydrogen) atoms. The number of ether oxygens (including phenoxy) is 1. The molecule has 0 radical (unpaired) electrons. The van der Waals surface area contributed by atoms with Gasteiger partial charge < -0.3 is 15.0 Å². The molecule has 0 aromatic carbocycles. The highest BCUT2D eigenvalue weighted by atomic mass is 16.5. The van der Waals surface area contributed by atoms with E-state index in [-0.39, 0.29) is 0 Å². The third-order valence-electron chi connectivity index (χ3n) is 2.84. The molecule has 3 heterocycles. The lowest BCUT2D eigenvalue weighted by molar-refractivity contribution is 0.0597. The molecule has 3 rings (SSSR count). The molecular formula is C13H11N3O2. The van der Waals surface area contributed by atoms with E-state index in [2.05, 4.69) is 15.3 Å². The number of carbonyl (C=O) groups is 1. The molecule has 0 amide bonds. The Hall–Kier alpha value is -2.56. The first-order valence-corrected chi connectivity index (χ1v) is 5.49. The second-order valence-electron chi connectivity index (χ2n) is 3.87. The number of nitrogens with zero attached hydrogens (tertiary/aromatic N) is 1. The van der Waals surface area contributed by atoms with Gasteiger partial charge in [0.05, 0.1) is 18.5 Å². The Morgan fingerprint density at radius 3 is 3.11 bits per heavy atom. The smallest absolute Gasteiger partial charge is 0.355 e. The zero-order chi connectivity index (χ0) is 12.5. The lowest BCUT2D eigenvalue weighted by Crippen LogP contribution is -2.03. The first kappa shape index (κ1) is 10.6. The normalized spacial score (nSPS) is 12.9. The molecule has 1 aliphatic rings. The molecular weight excluding hydrogens is 230 g/mol. The van der Waals surface area contributed by atoms with Crippen molar-refractivity contribution in [3.8, 4) is 0 Å². The van der Waals surface area contributed by atoms with Gasteiger partial charge in [0.25, 0.3) is 0 Å². The molecule has 2 aromatic heterocycles. The van der Waals surface area contributed by atoms with E-state index in [1.54, 1.807) is 18.6 Å². The van der Waals surface area contributed by atoms with E-state index < -0.39 is 5.97 Å². The summed E-state index contributed by atoms with van der Waals surface area (Å²) >= 11 is 0. The van der Waals surface area contributed by atoms with E-state index in [1.165, 1.54) is 7.11 Å². The van der Waals surface area contributed by atoms with Gasteiger partial charge in [0.15, 0.2) is 0 Å². The van der Waals surface area contributed by atoms with Crippen molar-refractivity contribution in [3.63, 3.8) is 0 Å². The van der Waals surface area contributed by atoms with Gasteiger partial charge in [-0.15, -0.1) is 0 Å². The quantitative estimate of drug-likeness (QED) is 0.752. The third-order valence-corrected chi connectivity index (χ3v) is 2.84. The van der Waals surface area contributed by atoms with Crippen LogP contribution in [0.3, 0.4) is 0 Å². The standard InChI is InChI=1S/C13H11N3O2/c1-18-13(17)12-10-8(7-16-12)6-15-9-4-2-3-5-14-11(9)10/h2-7,14,16H,1H3. The van der Waals surface area contributed by atoms with Crippen molar-refractivity contribution in [2.75, 3.05) is 12.4 Å². The second-order valence-corrected chi connectivity index (χ2v) is 3.87. The highest BCUT2D eigenvalue weighted by Gasteiger charge is 2.18. The summed E-state index contributed by atoms with van der Waals surface area (Å²) in [5.74, 6) is -0.391. The fourth-order valence-corrected chi connectivity index (χ4v) is 2.01. The van der Waals surface area contributed by atoms with E-state index in [1.807, 2.05) is 18.2 Å². The van der Waals surface area contributed by atoms with Crippen LogP contribution in [0.25, 0.3) is 16.8 Å². The summed E-state index contributed by atoms with van der Waals surface area (Å²) in [4.78, 5) is 19.0. The van der Waals surface area contributed by atoms with Crippen LogP contribution in [0.2, 0.25) is 0 Å². The molecule has 0 fully saturated rings. The van der Waals surface area contributed by atoms with Crippen molar-refractivity contribution in [2.24, 2.45) is 0 Å². The fraction of sp³-hybridized carbons (Fsp3) is 0.0769. The number of allylic oxidation sites excluding steroid dienone is 2. The van der Waals surface area contributed by atoms with Gasteiger partial charge in [0.2, 0.25) is 0 Å². The number of hydrogen-bond acceptors (Lipinski definition) is 4. The first-order chi connectivity index (χ1) is 8.81. The van der Waals surface area contributed by atoms with Crippen molar-refractivity contribution in [2.45, 2.75) is 0 Å². The maximum atomic E-state index is 11.7. The van der Waals surface area contributed by atoms with Gasteiger partial charge in [-0.3, -0.25) is 4.98 Å². The van der Waals surface area contributed by atoms with Crippen LogP contribution in [0, 0.1) is 0 Å². The van der Waals surface area contributed by atoms with Gasteiger partial charge in [0, 0.05) is 29.4 Å². The van der Waals surface area contributed by atoms with Crippen LogP contribution in [0.4, 0.5) is 5.69 Å². The predicted molar refractivity (Wildman–Crippen MR) is 69.2 cm³/mol. The summed E-state index contributed by atoms with van der Waals surface area (Å²) in [5, 5.41) is 4.80. The molecule has 0 aliphatic carbocycles. The number of aromatic amines is 1. The number of nitrogens with one attached hydrogen (secondary N) is 2. The Balaban J connectivity index is 2.32. The van der Waals surface area contributed by atoms with Gasteiger partial charge in [-0.1, -0.05) is 6.08 Å². The molecule has 90 valence electrons. The van der Waals surface area contributed by atoms with E-state index in [0.717, 1.165) is 22.2 Å². The van der Waals surface area contributed by atoms with Gasteiger partial charge in [-0.05, 0) is 12.2 Å². The Kier molecular flexibility index (Phi) is 2.37. The summed E-state index contributed by atoms with van der Waals surface area (Å²) in [7, 11) is 1.36. The maximum absolute atomic E-state index is 11.7. The number of methoxy groups -OCH3 is 1. The van der Waals surface area contributed by atoms with Crippen molar-refractivity contribution >= 4 is 28.5 Å². The van der Waals surface area contributed by atoms with Gasteiger partial charge in [-0.2, -0.15) is 0 Å². The van der Waals surface area contributed by atoms with Gasteiger partial charge in [0.1, 0.15) is 5.69 Å². The molecule has 5 nitrogen and oxygen atoms in total. The van der Waals surface area contributed by atoms with E-state index in [0.29, 0.717) is 5.69 Å². The number of rotatable bonds is 1. The number of hydrogen-bond donors (Lipinski definition) is 2. The Morgan fingerprint density at radius 1 is 1.39 bits per heavy atom. The van der Waals surface area contributed by atoms with Crippen molar-refractivity contribution < 1.29 is 9.53 Å². The number of carbonyl (C=O) groups excluding carboxylic acids is 1. The minimum atomic E-state index is -0.391. The first-order valence-electron chi connectivity index (χ1n) is 5.49. The van der Waals surface area contributed by atoms with E-state index in [4.69, 9.17) is 4.74 Å². The van der Waals surface area contributed by atoms with Crippen LogP contribution in [0.5, 0.6) is 0 Å². The van der Waals surface area contributed by atoms with Crippen LogP contribution in [-0.2, 0) is 4.74 Å². The minimum Gasteiger partial charge on any atom is -0.464 e. The second kappa shape index (κ2) is 4.03. The summed E-state index contributed by atoms with van der Waals surface area (Å²) < 4.78 is 4.77. The molecule has 5 heteroatoms. The number of fused-ring (bicyclic) bond motifs is 3. The van der Waals surface area contributed by atoms with Crippen molar-refractivity contribution in [1.82, 2.24) is 9.97 Å². The van der Waals surface area contributed by atoms with E-state index >= 15 is 0 Å². The molecule has 0 unspecified atom stereocenters. The number of esters is 1. The van der Waals surface area contributed by atoms with Crippen LogP contribution >= 0.6 is 0 Å². The van der Waals surface area contributed by atoms with Crippen LogP contribution < -0.4 is 5.32 Å². The van der Waals surface area contributed by atoms with E-state index in [9.17, 15) is 4.79 Å². The zero-order valence-corrected chi connectivity index (χ0v) is 9.73. The third kappa shape index (κ3) is 1.48. The Morgan fingerprint density at radius 2 is 2.28 bits per heavy atom. The topological polar surface area (TPSA) is 67.0 Å². The molecule has 2 aromatic rings. The zero-order valence-electron chi connectivity index (χ0n) is 9.73. The Labute approximate surface area is 103 Å². The average molecular weight is 241 g/mol. The summed E-state index contributed by atoms with van der Waals surface area (Å²) in [6, 6.07) is 0. The lowest BCUT2D eigenvalue weighted by atomic mass is 10.1. The highest BCUT2D eigenvalue weighted by molar-refractivity contribution is 6.10. The largest absolute Gasteiger partial charge is 0.464 e. The molecule has 0 saturated heterocycles. The summed E-state index contributed by atoms with van der Waals surface area (Å²) in [6.07, 6.45) is 10.9. The molecule has 0 atom stereocenters. The van der Waals surface area contributed by atoms with Crippen LogP contribution in [-0.4, -0.2) is 23.0 Å². The Bertz CT molecular complexity index is 683. The molecule has 0 bridgehead atoms. The number of pyridine rings is 1. The molecule has 1 aliphatic heterocycles. The highest BCUT2D eigenvalue weighted by Crippen LogP contribution is 2.31. The molecule has 2 N–H and O–H groups in total. The average Bonchev–Trinajstić information content (AvgIpc) is 2.68. The van der Waals surface area contributed by atoms with Gasteiger partial charge >= 0.3 is 5.97 Å². The van der Waals surface area contributed by atoms with Gasteiger partial charge in [-0.25, -0.2) is 4.79 Å². The minimum absolute atomic E-state index is 0.391. The SMILES string of the molecule is COC(=O)c1[nH]cc2cnc3c(c12)NC=CC=C3.